The van der Waals surface area contributed by atoms with Crippen LogP contribution in [-0.4, -0.2) is 19.6 Å². The predicted molar refractivity (Wildman–Crippen MR) is 69.9 cm³/mol. The Kier molecular flexibility index (Phi) is 4.63. The van der Waals surface area contributed by atoms with Gasteiger partial charge in [-0.05, 0) is 43.8 Å². The van der Waals surface area contributed by atoms with E-state index >= 15 is 0 Å². The molecule has 3 heteroatoms. The van der Waals surface area contributed by atoms with Gasteiger partial charge >= 0.3 is 0 Å². The van der Waals surface area contributed by atoms with Gasteiger partial charge in [0.2, 0.25) is 0 Å². The third kappa shape index (κ3) is 3.58. The second kappa shape index (κ2) is 6.22. The molecule has 0 unspecified atom stereocenters. The van der Waals surface area contributed by atoms with Crippen molar-refractivity contribution in [2.24, 2.45) is 5.41 Å². The first-order chi connectivity index (χ1) is 8.35. The Bertz CT molecular complexity index is 297. The molecule has 1 saturated heterocycles. The number of nitrogens with one attached hydrogen (secondary N) is 2. The van der Waals surface area contributed by atoms with Gasteiger partial charge < -0.3 is 15.1 Å². The molecule has 1 aromatic rings. The lowest BCUT2D eigenvalue weighted by molar-refractivity contribution is 0.176. The van der Waals surface area contributed by atoms with E-state index in [1.165, 1.54) is 44.3 Å². The molecular weight excluding hydrogens is 212 g/mol. The topological polar surface area (TPSA) is 37.2 Å². The number of rotatable bonds is 6. The van der Waals surface area contributed by atoms with E-state index in [1.54, 1.807) is 6.26 Å². The highest BCUT2D eigenvalue weighted by molar-refractivity contribution is 5.04. The van der Waals surface area contributed by atoms with E-state index in [4.69, 9.17) is 4.42 Å². The van der Waals surface area contributed by atoms with Crippen LogP contribution in [0, 0.1) is 5.41 Å². The molecule has 1 aliphatic heterocycles. The lowest BCUT2D eigenvalue weighted by Crippen LogP contribution is -2.43. The van der Waals surface area contributed by atoms with Crippen LogP contribution in [0.1, 0.15) is 38.2 Å². The Morgan fingerprint density at radius 3 is 2.88 bits per heavy atom. The Labute approximate surface area is 104 Å². The molecule has 1 fully saturated rings. The van der Waals surface area contributed by atoms with Gasteiger partial charge in [0.1, 0.15) is 0 Å². The van der Waals surface area contributed by atoms with Crippen molar-refractivity contribution in [2.75, 3.05) is 19.6 Å². The molecule has 0 spiro atoms. The largest absolute Gasteiger partial charge is 0.472 e. The SMILES string of the molecule is CCCC1(CNCc2ccoc2)CCNCC1. The zero-order valence-electron chi connectivity index (χ0n) is 10.8. The maximum atomic E-state index is 5.08. The minimum atomic E-state index is 0.518. The van der Waals surface area contributed by atoms with Crippen molar-refractivity contribution in [3.63, 3.8) is 0 Å². The number of furan rings is 1. The van der Waals surface area contributed by atoms with Gasteiger partial charge in [0.15, 0.2) is 0 Å². The summed E-state index contributed by atoms with van der Waals surface area (Å²) in [4.78, 5) is 0. The van der Waals surface area contributed by atoms with Gasteiger partial charge in [-0.3, -0.25) is 0 Å². The zero-order chi connectivity index (χ0) is 12.0. The summed E-state index contributed by atoms with van der Waals surface area (Å²) in [5.41, 5.74) is 1.76. The van der Waals surface area contributed by atoms with Gasteiger partial charge in [-0.1, -0.05) is 13.3 Å². The quantitative estimate of drug-likeness (QED) is 0.797. The highest BCUT2D eigenvalue weighted by Gasteiger charge is 2.30. The number of hydrogen-bond donors (Lipinski definition) is 2. The van der Waals surface area contributed by atoms with E-state index in [2.05, 4.69) is 17.6 Å². The van der Waals surface area contributed by atoms with Crippen LogP contribution in [0.5, 0.6) is 0 Å². The summed E-state index contributed by atoms with van der Waals surface area (Å²) in [6.45, 7) is 6.70. The fourth-order valence-electron chi connectivity index (χ4n) is 2.87. The highest BCUT2D eigenvalue weighted by atomic mass is 16.3. The molecule has 1 aliphatic rings. The van der Waals surface area contributed by atoms with E-state index < -0.39 is 0 Å². The van der Waals surface area contributed by atoms with Gasteiger partial charge in [0, 0.05) is 18.7 Å². The Hall–Kier alpha value is -0.800. The molecule has 3 nitrogen and oxygen atoms in total. The molecule has 2 rings (SSSR count). The van der Waals surface area contributed by atoms with Crippen LogP contribution in [-0.2, 0) is 6.54 Å². The number of piperidine rings is 1. The third-order valence-corrected chi connectivity index (χ3v) is 3.85. The fourth-order valence-corrected chi connectivity index (χ4v) is 2.87. The van der Waals surface area contributed by atoms with Crippen molar-refractivity contribution in [3.05, 3.63) is 24.2 Å². The fraction of sp³-hybridized carbons (Fsp3) is 0.714. The van der Waals surface area contributed by atoms with E-state index in [0.717, 1.165) is 13.1 Å². The average Bonchev–Trinajstić information content (AvgIpc) is 2.84. The normalized spacial score (nSPS) is 19.4. The van der Waals surface area contributed by atoms with E-state index in [-0.39, 0.29) is 0 Å². The lowest BCUT2D eigenvalue weighted by atomic mass is 9.75. The number of hydrogen-bond acceptors (Lipinski definition) is 3. The Balaban J connectivity index is 1.80. The molecule has 0 aromatic carbocycles. The second-order valence-corrected chi connectivity index (χ2v) is 5.24. The van der Waals surface area contributed by atoms with Crippen molar-refractivity contribution in [1.82, 2.24) is 10.6 Å². The molecule has 2 heterocycles. The zero-order valence-corrected chi connectivity index (χ0v) is 10.8. The molecule has 17 heavy (non-hydrogen) atoms. The Morgan fingerprint density at radius 2 is 2.24 bits per heavy atom. The summed E-state index contributed by atoms with van der Waals surface area (Å²) in [6.07, 6.45) is 8.80. The summed E-state index contributed by atoms with van der Waals surface area (Å²) in [6, 6.07) is 2.03. The van der Waals surface area contributed by atoms with Crippen molar-refractivity contribution in [3.8, 4) is 0 Å². The van der Waals surface area contributed by atoms with Crippen LogP contribution in [0.3, 0.4) is 0 Å². The van der Waals surface area contributed by atoms with Gasteiger partial charge in [0.25, 0.3) is 0 Å². The molecule has 1 aromatic heterocycles. The smallest absolute Gasteiger partial charge is 0.0947 e. The molecule has 96 valence electrons. The van der Waals surface area contributed by atoms with Crippen LogP contribution in [0.4, 0.5) is 0 Å². The van der Waals surface area contributed by atoms with Crippen molar-refractivity contribution >= 4 is 0 Å². The van der Waals surface area contributed by atoms with E-state index in [1.807, 2.05) is 12.3 Å². The van der Waals surface area contributed by atoms with Crippen molar-refractivity contribution in [1.29, 1.82) is 0 Å². The minimum Gasteiger partial charge on any atom is -0.472 e. The monoisotopic (exact) mass is 236 g/mol. The van der Waals surface area contributed by atoms with E-state index in [0.29, 0.717) is 5.41 Å². The van der Waals surface area contributed by atoms with Crippen LogP contribution in [0.15, 0.2) is 23.0 Å². The third-order valence-electron chi connectivity index (χ3n) is 3.85. The van der Waals surface area contributed by atoms with Crippen molar-refractivity contribution in [2.45, 2.75) is 39.2 Å². The molecule has 0 radical (unpaired) electrons. The van der Waals surface area contributed by atoms with Crippen LogP contribution >= 0.6 is 0 Å². The summed E-state index contributed by atoms with van der Waals surface area (Å²) in [7, 11) is 0. The first-order valence-corrected chi connectivity index (χ1v) is 6.77. The Morgan fingerprint density at radius 1 is 1.41 bits per heavy atom. The summed E-state index contributed by atoms with van der Waals surface area (Å²) >= 11 is 0. The van der Waals surface area contributed by atoms with Crippen molar-refractivity contribution < 1.29 is 4.42 Å². The molecule has 0 saturated carbocycles. The summed E-state index contributed by atoms with van der Waals surface area (Å²) < 4.78 is 5.08. The standard InChI is InChI=1S/C14H24N2O/c1-2-4-14(5-7-15-8-6-14)12-16-10-13-3-9-17-11-13/h3,9,11,15-16H,2,4-8,10,12H2,1H3. The van der Waals surface area contributed by atoms with Gasteiger partial charge in [-0.25, -0.2) is 0 Å². The summed E-state index contributed by atoms with van der Waals surface area (Å²) in [5.74, 6) is 0. The minimum absolute atomic E-state index is 0.518. The van der Waals surface area contributed by atoms with E-state index in [9.17, 15) is 0 Å². The maximum Gasteiger partial charge on any atom is 0.0947 e. The maximum absolute atomic E-state index is 5.08. The van der Waals surface area contributed by atoms with Gasteiger partial charge in [-0.2, -0.15) is 0 Å². The van der Waals surface area contributed by atoms with Crippen LogP contribution in [0.2, 0.25) is 0 Å². The highest BCUT2D eigenvalue weighted by Crippen LogP contribution is 2.33. The first kappa shape index (κ1) is 12.7. The molecular formula is C14H24N2O. The molecule has 0 amide bonds. The lowest BCUT2D eigenvalue weighted by Gasteiger charge is -2.38. The second-order valence-electron chi connectivity index (χ2n) is 5.24. The first-order valence-electron chi connectivity index (χ1n) is 6.77. The molecule has 2 N–H and O–H groups in total. The molecule has 0 aliphatic carbocycles. The van der Waals surface area contributed by atoms with Gasteiger partial charge in [-0.15, -0.1) is 0 Å². The molecule has 0 bridgehead atoms. The van der Waals surface area contributed by atoms with Gasteiger partial charge in [0.05, 0.1) is 12.5 Å². The average molecular weight is 236 g/mol. The summed E-state index contributed by atoms with van der Waals surface area (Å²) in [5, 5.41) is 7.05. The predicted octanol–water partition coefficient (Wildman–Crippen LogP) is 2.54. The molecule has 0 atom stereocenters. The van der Waals surface area contributed by atoms with Crippen LogP contribution in [0.25, 0.3) is 0 Å². The van der Waals surface area contributed by atoms with Crippen LogP contribution < -0.4 is 10.6 Å².